The predicted molar refractivity (Wildman–Crippen MR) is 71.3 cm³/mol. The fraction of sp³-hybridized carbons (Fsp3) is 0.357. The van der Waals surface area contributed by atoms with Crippen LogP contribution in [0.5, 0.6) is 0 Å². The number of para-hydroxylation sites is 1. The normalized spacial score (nSPS) is 24.2. The Morgan fingerprint density at radius 1 is 1.33 bits per heavy atom. The molecule has 0 bridgehead atoms. The highest BCUT2D eigenvalue weighted by Crippen LogP contribution is 2.26. The second-order valence-corrected chi connectivity index (χ2v) is 4.90. The second kappa shape index (κ2) is 4.14. The zero-order chi connectivity index (χ0) is 12.7. The number of aryl methyl sites for hydroxylation is 1. The maximum absolute atomic E-state index is 11.5. The molecular formula is C14H17N3O. The van der Waals surface area contributed by atoms with Crippen molar-refractivity contribution >= 4 is 16.8 Å². The summed E-state index contributed by atoms with van der Waals surface area (Å²) in [4.78, 5) is 11.5. The molecular weight excluding hydrogens is 226 g/mol. The van der Waals surface area contributed by atoms with Crippen LogP contribution in [0.2, 0.25) is 0 Å². The molecule has 1 aromatic carbocycles. The molecule has 3 rings (SSSR count). The molecule has 1 fully saturated rings. The summed E-state index contributed by atoms with van der Waals surface area (Å²) in [6.45, 7) is 2.55. The number of aromatic nitrogens is 1. The largest absolute Gasteiger partial charge is 0.353 e. The molecule has 1 aliphatic rings. The molecule has 0 aliphatic carbocycles. The van der Waals surface area contributed by atoms with Crippen molar-refractivity contribution in [1.82, 2.24) is 15.2 Å². The van der Waals surface area contributed by atoms with Crippen molar-refractivity contribution in [3.63, 3.8) is 0 Å². The van der Waals surface area contributed by atoms with Gasteiger partial charge in [-0.15, -0.1) is 0 Å². The quantitative estimate of drug-likeness (QED) is 0.793. The Morgan fingerprint density at radius 2 is 2.11 bits per heavy atom. The molecule has 1 saturated heterocycles. The number of nitrogens with zero attached hydrogens (tertiary/aromatic N) is 1. The number of hydrogen-bond donors (Lipinski definition) is 2. The van der Waals surface area contributed by atoms with Crippen molar-refractivity contribution in [1.29, 1.82) is 0 Å². The summed E-state index contributed by atoms with van der Waals surface area (Å²) in [6.07, 6.45) is 2.15. The first kappa shape index (κ1) is 11.3. The molecule has 2 heterocycles. The second-order valence-electron chi connectivity index (χ2n) is 4.90. The summed E-state index contributed by atoms with van der Waals surface area (Å²) < 4.78 is 2.13. The maximum atomic E-state index is 11.5. The van der Waals surface area contributed by atoms with Crippen LogP contribution in [-0.2, 0) is 11.8 Å². The lowest BCUT2D eigenvalue weighted by molar-refractivity contribution is -0.124. The SMILES string of the molecule is CC1NC(c2cn(C)c3ccccc23)CNC1=O. The highest BCUT2D eigenvalue weighted by atomic mass is 16.2. The van der Waals surface area contributed by atoms with Crippen molar-refractivity contribution in [2.24, 2.45) is 7.05 Å². The molecule has 18 heavy (non-hydrogen) atoms. The van der Waals surface area contributed by atoms with Gasteiger partial charge in [0, 0.05) is 30.7 Å². The van der Waals surface area contributed by atoms with Gasteiger partial charge in [-0.05, 0) is 18.6 Å². The van der Waals surface area contributed by atoms with Gasteiger partial charge in [0.25, 0.3) is 0 Å². The lowest BCUT2D eigenvalue weighted by atomic mass is 10.0. The third kappa shape index (κ3) is 1.69. The summed E-state index contributed by atoms with van der Waals surface area (Å²) >= 11 is 0. The first-order valence-corrected chi connectivity index (χ1v) is 6.24. The summed E-state index contributed by atoms with van der Waals surface area (Å²) in [7, 11) is 2.05. The van der Waals surface area contributed by atoms with E-state index < -0.39 is 0 Å². The molecule has 2 atom stereocenters. The zero-order valence-electron chi connectivity index (χ0n) is 10.6. The van der Waals surface area contributed by atoms with E-state index >= 15 is 0 Å². The Kier molecular flexibility index (Phi) is 2.59. The standard InChI is InChI=1S/C14H17N3O/c1-9-14(18)15-7-12(16-9)11-8-17(2)13-6-4-3-5-10(11)13/h3-6,8-9,12,16H,7H2,1-2H3,(H,15,18). The van der Waals surface area contributed by atoms with Gasteiger partial charge in [0.05, 0.1) is 12.1 Å². The first-order chi connectivity index (χ1) is 8.66. The Hall–Kier alpha value is -1.81. The van der Waals surface area contributed by atoms with Crippen molar-refractivity contribution in [3.8, 4) is 0 Å². The molecule has 2 unspecified atom stereocenters. The van der Waals surface area contributed by atoms with Gasteiger partial charge in [0.1, 0.15) is 0 Å². The summed E-state index contributed by atoms with van der Waals surface area (Å²) in [5.41, 5.74) is 2.47. The van der Waals surface area contributed by atoms with Crippen molar-refractivity contribution < 1.29 is 4.79 Å². The number of carbonyl (C=O) groups excluding carboxylic acids is 1. The number of nitrogens with one attached hydrogen (secondary N) is 2. The molecule has 4 heteroatoms. The molecule has 2 N–H and O–H groups in total. The van der Waals surface area contributed by atoms with E-state index in [1.165, 1.54) is 16.5 Å². The molecule has 0 spiro atoms. The minimum atomic E-state index is -0.136. The van der Waals surface area contributed by atoms with Crippen LogP contribution in [0, 0.1) is 0 Å². The van der Waals surface area contributed by atoms with Crippen LogP contribution in [0.25, 0.3) is 10.9 Å². The molecule has 1 aliphatic heterocycles. The van der Waals surface area contributed by atoms with Gasteiger partial charge < -0.3 is 9.88 Å². The Bertz CT molecular complexity index is 602. The number of rotatable bonds is 1. The topological polar surface area (TPSA) is 46.1 Å². The van der Waals surface area contributed by atoms with E-state index in [4.69, 9.17) is 0 Å². The zero-order valence-corrected chi connectivity index (χ0v) is 10.6. The average Bonchev–Trinajstić information content (AvgIpc) is 2.71. The Morgan fingerprint density at radius 3 is 2.89 bits per heavy atom. The lowest BCUT2D eigenvalue weighted by Crippen LogP contribution is -2.52. The minimum absolute atomic E-state index is 0.0755. The van der Waals surface area contributed by atoms with Gasteiger partial charge in [-0.25, -0.2) is 0 Å². The molecule has 0 saturated carbocycles. The summed E-state index contributed by atoms with van der Waals surface area (Å²) in [6, 6.07) is 8.39. The number of benzene rings is 1. The van der Waals surface area contributed by atoms with Crippen LogP contribution < -0.4 is 10.6 Å². The van der Waals surface area contributed by atoms with Gasteiger partial charge in [0.2, 0.25) is 5.91 Å². The van der Waals surface area contributed by atoms with E-state index in [1.54, 1.807) is 0 Å². The van der Waals surface area contributed by atoms with E-state index in [1.807, 2.05) is 13.0 Å². The average molecular weight is 243 g/mol. The Labute approximate surface area is 106 Å². The van der Waals surface area contributed by atoms with Gasteiger partial charge >= 0.3 is 0 Å². The highest BCUT2D eigenvalue weighted by Gasteiger charge is 2.26. The third-order valence-electron chi connectivity index (χ3n) is 3.63. The van der Waals surface area contributed by atoms with Gasteiger partial charge in [-0.1, -0.05) is 18.2 Å². The molecule has 2 aromatic rings. The predicted octanol–water partition coefficient (Wildman–Crippen LogP) is 1.33. The molecule has 94 valence electrons. The van der Waals surface area contributed by atoms with Gasteiger partial charge in [-0.2, -0.15) is 0 Å². The third-order valence-corrected chi connectivity index (χ3v) is 3.63. The Balaban J connectivity index is 2.02. The van der Waals surface area contributed by atoms with E-state index in [0.717, 1.165) is 0 Å². The maximum Gasteiger partial charge on any atom is 0.236 e. The van der Waals surface area contributed by atoms with Gasteiger partial charge in [0.15, 0.2) is 0 Å². The fourth-order valence-electron chi connectivity index (χ4n) is 2.64. The van der Waals surface area contributed by atoms with Crippen LogP contribution in [0.15, 0.2) is 30.5 Å². The van der Waals surface area contributed by atoms with Crippen LogP contribution in [0.1, 0.15) is 18.5 Å². The van der Waals surface area contributed by atoms with Crippen molar-refractivity contribution in [2.45, 2.75) is 19.0 Å². The minimum Gasteiger partial charge on any atom is -0.353 e. The summed E-state index contributed by atoms with van der Waals surface area (Å²) in [5.74, 6) is 0.0755. The molecule has 1 amide bonds. The van der Waals surface area contributed by atoms with Crippen LogP contribution >= 0.6 is 0 Å². The molecule has 4 nitrogen and oxygen atoms in total. The van der Waals surface area contributed by atoms with E-state index in [2.05, 4.69) is 46.6 Å². The summed E-state index contributed by atoms with van der Waals surface area (Å²) in [5, 5.41) is 7.56. The van der Waals surface area contributed by atoms with Crippen LogP contribution in [0.4, 0.5) is 0 Å². The van der Waals surface area contributed by atoms with E-state index in [0.29, 0.717) is 6.54 Å². The highest BCUT2D eigenvalue weighted by molar-refractivity contribution is 5.86. The van der Waals surface area contributed by atoms with Crippen LogP contribution in [-0.4, -0.2) is 23.1 Å². The fourth-order valence-corrected chi connectivity index (χ4v) is 2.64. The van der Waals surface area contributed by atoms with Crippen molar-refractivity contribution in [2.75, 3.05) is 6.54 Å². The lowest BCUT2D eigenvalue weighted by Gasteiger charge is -2.28. The van der Waals surface area contributed by atoms with Crippen molar-refractivity contribution in [3.05, 3.63) is 36.0 Å². The molecule has 1 aromatic heterocycles. The van der Waals surface area contributed by atoms with E-state index in [-0.39, 0.29) is 18.0 Å². The molecule has 0 radical (unpaired) electrons. The smallest absolute Gasteiger partial charge is 0.236 e. The van der Waals surface area contributed by atoms with Crippen LogP contribution in [0.3, 0.4) is 0 Å². The number of amides is 1. The number of hydrogen-bond acceptors (Lipinski definition) is 2. The monoisotopic (exact) mass is 243 g/mol. The van der Waals surface area contributed by atoms with Gasteiger partial charge in [-0.3, -0.25) is 10.1 Å². The number of fused-ring (bicyclic) bond motifs is 1. The number of carbonyl (C=O) groups is 1. The first-order valence-electron chi connectivity index (χ1n) is 6.24. The number of piperazine rings is 1. The van der Waals surface area contributed by atoms with E-state index in [9.17, 15) is 4.79 Å².